The number of carbonyl (C=O) groups is 4. The van der Waals surface area contributed by atoms with Gasteiger partial charge >= 0.3 is 0 Å². The fourth-order valence-corrected chi connectivity index (χ4v) is 5.33. The minimum absolute atomic E-state index is 0.142. The largest absolute Gasteiger partial charge is 0.361 e. The maximum atomic E-state index is 13.8. The number of benzene rings is 2. The first kappa shape index (κ1) is 33.9. The number of para-hydroxylation sites is 1. The summed E-state index contributed by atoms with van der Waals surface area (Å²) in [4.78, 5) is 62.9. The van der Waals surface area contributed by atoms with Gasteiger partial charge in [0.05, 0.1) is 6.33 Å². The molecule has 2 heterocycles. The number of carbonyl (C=O) groups excluding carboxylic acids is 4. The van der Waals surface area contributed by atoms with E-state index in [0.717, 1.165) is 22.0 Å². The highest BCUT2D eigenvalue weighted by atomic mass is 16.2. The smallest absolute Gasteiger partial charge is 0.243 e. The third kappa shape index (κ3) is 9.74. The van der Waals surface area contributed by atoms with E-state index in [0.29, 0.717) is 31.5 Å². The Morgan fingerprint density at radius 2 is 1.46 bits per heavy atom. The van der Waals surface area contributed by atoms with Crippen LogP contribution in [-0.2, 0) is 38.4 Å². The van der Waals surface area contributed by atoms with Gasteiger partial charge in [0.25, 0.3) is 0 Å². The van der Waals surface area contributed by atoms with Crippen LogP contribution in [0.5, 0.6) is 0 Å². The minimum atomic E-state index is -1.04. The number of imidazole rings is 1. The van der Waals surface area contributed by atoms with Gasteiger partial charge in [-0.25, -0.2) is 4.98 Å². The average molecular weight is 630 g/mol. The quantitative estimate of drug-likeness (QED) is 0.0831. The van der Waals surface area contributed by atoms with Crippen molar-refractivity contribution in [3.05, 3.63) is 90.1 Å². The fraction of sp³-hybridized carbons (Fsp3) is 0.364. The first-order valence-corrected chi connectivity index (χ1v) is 15.4. The van der Waals surface area contributed by atoms with E-state index in [1.165, 1.54) is 13.3 Å². The monoisotopic (exact) mass is 629 g/mol. The molecule has 0 aliphatic heterocycles. The number of aromatic nitrogens is 3. The third-order valence-electron chi connectivity index (χ3n) is 7.69. The Kier molecular flexibility index (Phi) is 12.4. The molecule has 0 radical (unpaired) electrons. The molecule has 13 heteroatoms. The second kappa shape index (κ2) is 16.9. The molecule has 0 aliphatic rings. The lowest BCUT2D eigenvalue weighted by Gasteiger charge is -2.26. The minimum Gasteiger partial charge on any atom is -0.361 e. The van der Waals surface area contributed by atoms with Gasteiger partial charge in [-0.2, -0.15) is 0 Å². The standard InChI is InChI=1S/C33H43N9O4/c1-21(43)39-30(16-25-19-36-20-38-25)33(46)42-29(14-22-8-3-2-4-9-22)32(45)41-28(12-7-13-34)31(44)40-24(17-35)15-23-18-37-27-11-6-5-10-26(23)27/h2-6,8-11,18-20,24,28-30,37H,7,12-17,34-35H2,1H3,(H,36,38)(H,39,43)(H,40,44)(H,41,45)(H,42,46)/t24-,28-,29+,30-/m0/s1. The molecule has 46 heavy (non-hydrogen) atoms. The van der Waals surface area contributed by atoms with Crippen LogP contribution in [0.3, 0.4) is 0 Å². The van der Waals surface area contributed by atoms with Crippen molar-refractivity contribution in [1.29, 1.82) is 0 Å². The van der Waals surface area contributed by atoms with Crippen molar-refractivity contribution < 1.29 is 19.2 Å². The maximum absolute atomic E-state index is 13.8. The second-order valence-electron chi connectivity index (χ2n) is 11.3. The Labute approximate surface area is 267 Å². The van der Waals surface area contributed by atoms with Crippen LogP contribution in [0.15, 0.2) is 73.3 Å². The third-order valence-corrected chi connectivity index (χ3v) is 7.69. The van der Waals surface area contributed by atoms with E-state index in [1.54, 1.807) is 6.20 Å². The molecule has 0 saturated carbocycles. The lowest BCUT2D eigenvalue weighted by atomic mass is 10.0. The number of nitrogens with two attached hydrogens (primary N) is 2. The van der Waals surface area contributed by atoms with Gasteiger partial charge in [-0.05, 0) is 43.0 Å². The van der Waals surface area contributed by atoms with Crippen LogP contribution in [0.4, 0.5) is 0 Å². The molecule has 0 spiro atoms. The summed E-state index contributed by atoms with van der Waals surface area (Å²) in [6.07, 6.45) is 6.52. The van der Waals surface area contributed by atoms with Gasteiger partial charge in [0.1, 0.15) is 18.1 Å². The summed E-state index contributed by atoms with van der Waals surface area (Å²) in [5.41, 5.74) is 15.3. The van der Waals surface area contributed by atoms with Crippen molar-refractivity contribution in [3.63, 3.8) is 0 Å². The Morgan fingerprint density at radius 3 is 2.13 bits per heavy atom. The van der Waals surface area contributed by atoms with Crippen LogP contribution in [0.1, 0.15) is 36.6 Å². The van der Waals surface area contributed by atoms with Gasteiger partial charge in [-0.3, -0.25) is 19.2 Å². The molecule has 0 bridgehead atoms. The summed E-state index contributed by atoms with van der Waals surface area (Å²) < 4.78 is 0. The highest BCUT2D eigenvalue weighted by Crippen LogP contribution is 2.19. The first-order chi connectivity index (χ1) is 22.3. The van der Waals surface area contributed by atoms with Gasteiger partial charge in [0, 0.05) is 61.3 Å². The summed E-state index contributed by atoms with van der Waals surface area (Å²) >= 11 is 0. The highest BCUT2D eigenvalue weighted by Gasteiger charge is 2.30. The van der Waals surface area contributed by atoms with Crippen molar-refractivity contribution in [1.82, 2.24) is 36.2 Å². The van der Waals surface area contributed by atoms with Crippen LogP contribution >= 0.6 is 0 Å². The molecule has 10 N–H and O–H groups in total. The molecule has 4 rings (SSSR count). The zero-order chi connectivity index (χ0) is 32.9. The van der Waals surface area contributed by atoms with Crippen LogP contribution in [-0.4, -0.2) is 75.8 Å². The van der Waals surface area contributed by atoms with Gasteiger partial charge in [-0.15, -0.1) is 0 Å². The van der Waals surface area contributed by atoms with Crippen molar-refractivity contribution in [2.24, 2.45) is 11.5 Å². The molecule has 4 amide bonds. The summed E-state index contributed by atoms with van der Waals surface area (Å²) in [6.45, 7) is 1.83. The second-order valence-corrected chi connectivity index (χ2v) is 11.3. The Balaban J connectivity index is 1.49. The van der Waals surface area contributed by atoms with E-state index >= 15 is 0 Å². The SMILES string of the molecule is CC(=O)N[C@@H](Cc1cnc[nH]1)C(=O)N[C@H](Cc1ccccc1)C(=O)N[C@@H](CCCN)C(=O)N[C@H](CN)Cc1c[nH]c2ccccc12. The van der Waals surface area contributed by atoms with E-state index in [9.17, 15) is 19.2 Å². The fourth-order valence-electron chi connectivity index (χ4n) is 5.33. The molecule has 244 valence electrons. The predicted molar refractivity (Wildman–Crippen MR) is 175 cm³/mol. The van der Waals surface area contributed by atoms with E-state index in [4.69, 9.17) is 11.5 Å². The number of H-pyrrole nitrogens is 2. The van der Waals surface area contributed by atoms with Crippen LogP contribution in [0, 0.1) is 0 Å². The van der Waals surface area contributed by atoms with E-state index < -0.39 is 41.8 Å². The van der Waals surface area contributed by atoms with Crippen molar-refractivity contribution in [2.75, 3.05) is 13.1 Å². The molecule has 0 unspecified atom stereocenters. The molecule has 0 aliphatic carbocycles. The number of rotatable bonds is 17. The molecule has 0 fully saturated rings. The lowest BCUT2D eigenvalue weighted by Crippen LogP contribution is -2.58. The van der Waals surface area contributed by atoms with Crippen molar-refractivity contribution in [3.8, 4) is 0 Å². The zero-order valence-corrected chi connectivity index (χ0v) is 25.9. The van der Waals surface area contributed by atoms with Gasteiger partial charge in [0.2, 0.25) is 23.6 Å². The summed E-state index contributed by atoms with van der Waals surface area (Å²) in [5.74, 6) is -1.88. The molecule has 4 atom stereocenters. The van der Waals surface area contributed by atoms with Gasteiger partial charge in [0.15, 0.2) is 0 Å². The molecule has 0 saturated heterocycles. The zero-order valence-electron chi connectivity index (χ0n) is 25.9. The number of hydrogen-bond acceptors (Lipinski definition) is 7. The highest BCUT2D eigenvalue weighted by molar-refractivity contribution is 5.94. The number of fused-ring (bicyclic) bond motifs is 1. The molecular weight excluding hydrogens is 586 g/mol. The van der Waals surface area contributed by atoms with E-state index in [2.05, 4.69) is 36.2 Å². The number of nitrogens with one attached hydrogen (secondary N) is 6. The van der Waals surface area contributed by atoms with Crippen LogP contribution < -0.4 is 32.7 Å². The number of aromatic amines is 2. The van der Waals surface area contributed by atoms with Gasteiger partial charge in [-0.1, -0.05) is 48.5 Å². The normalized spacial score (nSPS) is 13.7. The molecular formula is C33H43N9O4. The van der Waals surface area contributed by atoms with Crippen molar-refractivity contribution in [2.45, 2.75) is 63.2 Å². The molecule has 4 aromatic rings. The Bertz CT molecular complexity index is 1570. The number of nitrogens with zero attached hydrogens (tertiary/aromatic N) is 1. The number of amides is 4. The van der Waals surface area contributed by atoms with E-state index in [1.807, 2.05) is 60.8 Å². The van der Waals surface area contributed by atoms with E-state index in [-0.39, 0.29) is 25.4 Å². The van der Waals surface area contributed by atoms with Crippen LogP contribution in [0.25, 0.3) is 10.9 Å². The van der Waals surface area contributed by atoms with Crippen molar-refractivity contribution >= 4 is 34.5 Å². The summed E-state index contributed by atoms with van der Waals surface area (Å²) in [5, 5.41) is 12.3. The predicted octanol–water partition coefficient (Wildman–Crippen LogP) is 0.576. The average Bonchev–Trinajstić information content (AvgIpc) is 3.72. The molecule has 2 aromatic heterocycles. The molecule has 2 aromatic carbocycles. The van der Waals surface area contributed by atoms with Crippen LogP contribution in [0.2, 0.25) is 0 Å². The van der Waals surface area contributed by atoms with Gasteiger partial charge < -0.3 is 42.7 Å². The topological polar surface area (TPSA) is 213 Å². The summed E-state index contributed by atoms with van der Waals surface area (Å²) in [7, 11) is 0. The molecule has 13 nitrogen and oxygen atoms in total. The lowest BCUT2D eigenvalue weighted by molar-refractivity contribution is -0.133. The Hall–Kier alpha value is -5.01. The summed E-state index contributed by atoms with van der Waals surface area (Å²) in [6, 6.07) is 13.8. The number of hydrogen-bond donors (Lipinski definition) is 8. The maximum Gasteiger partial charge on any atom is 0.243 e. The first-order valence-electron chi connectivity index (χ1n) is 15.4. The Morgan fingerprint density at radius 1 is 0.783 bits per heavy atom.